The first kappa shape index (κ1) is 31.6. The Balaban J connectivity index is 0.000000169. The first-order chi connectivity index (χ1) is 19.9. The van der Waals surface area contributed by atoms with Gasteiger partial charge in [-0.05, 0) is 80.6 Å². The number of sulfonamides is 2. The molecule has 4 bridgehead atoms. The number of halogens is 2. The molecule has 12 heteroatoms. The molecule has 0 aromatic heterocycles. The van der Waals surface area contributed by atoms with Crippen LogP contribution in [0.15, 0.2) is 58.3 Å². The van der Waals surface area contributed by atoms with Gasteiger partial charge in [-0.15, -0.1) is 0 Å². The van der Waals surface area contributed by atoms with Gasteiger partial charge in [0, 0.05) is 59.4 Å². The molecule has 4 saturated heterocycles. The number of hydrogen-bond acceptors (Lipinski definition) is 6. The minimum atomic E-state index is -3.58. The van der Waals surface area contributed by atoms with Gasteiger partial charge in [0.05, 0.1) is 9.79 Å². The van der Waals surface area contributed by atoms with Crippen molar-refractivity contribution in [3.05, 3.63) is 58.6 Å². The maximum absolute atomic E-state index is 13.1. The second kappa shape index (κ2) is 12.7. The third kappa shape index (κ3) is 6.21. The molecule has 0 N–H and O–H groups in total. The van der Waals surface area contributed by atoms with Crippen LogP contribution in [-0.2, 0) is 29.6 Å². The van der Waals surface area contributed by atoms with Crippen molar-refractivity contribution in [1.29, 1.82) is 0 Å². The number of piperidine rings is 4. The monoisotopic (exact) mass is 654 g/mol. The Kier molecular flexibility index (Phi) is 9.52. The van der Waals surface area contributed by atoms with Gasteiger partial charge >= 0.3 is 0 Å². The summed E-state index contributed by atoms with van der Waals surface area (Å²) in [6, 6.07) is 11.8. The fraction of sp³-hybridized carbons (Fsp3) is 0.533. The minimum absolute atomic E-state index is 0.168. The lowest BCUT2D eigenvalue weighted by molar-refractivity contribution is -0.130. The lowest BCUT2D eigenvalue weighted by Crippen LogP contribution is -2.58. The molecule has 0 amide bonds. The van der Waals surface area contributed by atoms with E-state index in [1.165, 1.54) is 12.1 Å². The maximum Gasteiger partial charge on any atom is 0.243 e. The predicted octanol–water partition coefficient (Wildman–Crippen LogP) is 5.87. The predicted molar refractivity (Wildman–Crippen MR) is 161 cm³/mol. The normalized spacial score (nSPS) is 28.6. The second-order valence-corrected chi connectivity index (χ2v) is 16.2. The van der Waals surface area contributed by atoms with Gasteiger partial charge in [-0.25, -0.2) is 16.8 Å². The molecule has 4 heterocycles. The van der Waals surface area contributed by atoms with Gasteiger partial charge in [-0.1, -0.05) is 43.0 Å². The van der Waals surface area contributed by atoms with Gasteiger partial charge in [0.15, 0.2) is 0 Å². The van der Waals surface area contributed by atoms with Crippen LogP contribution in [0.2, 0.25) is 10.0 Å². The van der Waals surface area contributed by atoms with E-state index in [1.807, 2.05) is 6.92 Å². The number of hydrogen-bond donors (Lipinski definition) is 0. The van der Waals surface area contributed by atoms with E-state index >= 15 is 0 Å². The summed E-state index contributed by atoms with van der Waals surface area (Å²) in [6.45, 7) is 1.96. The van der Waals surface area contributed by atoms with E-state index in [1.54, 1.807) is 45.0 Å². The van der Waals surface area contributed by atoms with Crippen LogP contribution in [0.4, 0.5) is 0 Å². The first-order valence-corrected chi connectivity index (χ1v) is 18.2. The summed E-state index contributed by atoms with van der Waals surface area (Å²) in [6.07, 6.45) is 6.82. The molecule has 8 nitrogen and oxygen atoms in total. The van der Waals surface area contributed by atoms with Crippen molar-refractivity contribution in [2.24, 2.45) is 5.92 Å². The number of carbonyl (C=O) groups is 2. The maximum atomic E-state index is 13.1. The van der Waals surface area contributed by atoms with E-state index in [0.29, 0.717) is 35.7 Å². The highest BCUT2D eigenvalue weighted by Gasteiger charge is 2.49. The highest BCUT2D eigenvalue weighted by atomic mass is 35.5. The molecule has 0 aliphatic carbocycles. The molecule has 228 valence electrons. The van der Waals surface area contributed by atoms with Gasteiger partial charge in [0.1, 0.15) is 11.6 Å². The molecule has 2 aromatic carbocycles. The highest BCUT2D eigenvalue weighted by Crippen LogP contribution is 2.41. The zero-order valence-corrected chi connectivity index (χ0v) is 26.6. The SMILES string of the molecule is CCC1C(=O)CC2CCCC1N2S(=O)(=O)c1ccc(Cl)cc1.O=C1CC2CCCC(C1)N2S(=O)(=O)c1ccc(Cl)cc1. The van der Waals surface area contributed by atoms with Crippen molar-refractivity contribution >= 4 is 54.8 Å². The van der Waals surface area contributed by atoms with E-state index < -0.39 is 20.0 Å². The van der Waals surface area contributed by atoms with Crippen molar-refractivity contribution in [2.75, 3.05) is 0 Å². The molecule has 2 aromatic rings. The van der Waals surface area contributed by atoms with Crippen LogP contribution < -0.4 is 0 Å². The summed E-state index contributed by atoms with van der Waals surface area (Å²) in [5.74, 6) is 0.237. The number of carbonyl (C=O) groups excluding carboxylic acids is 2. The topological polar surface area (TPSA) is 109 Å². The molecule has 5 atom stereocenters. The average Bonchev–Trinajstić information content (AvgIpc) is 2.93. The van der Waals surface area contributed by atoms with Crippen molar-refractivity contribution in [3.63, 3.8) is 0 Å². The van der Waals surface area contributed by atoms with E-state index in [-0.39, 0.29) is 51.4 Å². The highest BCUT2D eigenvalue weighted by molar-refractivity contribution is 7.89. The summed E-state index contributed by atoms with van der Waals surface area (Å²) in [5, 5.41) is 1.03. The Morgan fingerprint density at radius 1 is 0.667 bits per heavy atom. The van der Waals surface area contributed by atoms with E-state index in [9.17, 15) is 26.4 Å². The zero-order valence-electron chi connectivity index (χ0n) is 23.5. The summed E-state index contributed by atoms with van der Waals surface area (Å²) >= 11 is 11.7. The molecule has 4 aliphatic heterocycles. The summed E-state index contributed by atoms with van der Waals surface area (Å²) in [4.78, 5) is 24.5. The molecule has 0 spiro atoms. The third-order valence-electron chi connectivity index (χ3n) is 8.98. The Bertz CT molecular complexity index is 1510. The molecule has 0 saturated carbocycles. The van der Waals surface area contributed by atoms with Crippen LogP contribution in [0.5, 0.6) is 0 Å². The number of fused-ring (bicyclic) bond motifs is 4. The quantitative estimate of drug-likeness (QED) is 0.399. The largest absolute Gasteiger partial charge is 0.300 e. The minimum Gasteiger partial charge on any atom is -0.300 e. The smallest absolute Gasteiger partial charge is 0.243 e. The number of Topliss-reactive ketones (excluding diaryl/α,β-unsaturated/α-hetero) is 2. The van der Waals surface area contributed by atoms with Crippen molar-refractivity contribution < 1.29 is 26.4 Å². The van der Waals surface area contributed by atoms with E-state index in [4.69, 9.17) is 23.2 Å². The lowest BCUT2D eigenvalue weighted by atomic mass is 9.77. The van der Waals surface area contributed by atoms with Crippen LogP contribution >= 0.6 is 23.2 Å². The number of rotatable bonds is 5. The van der Waals surface area contributed by atoms with E-state index in [2.05, 4.69) is 0 Å². The Morgan fingerprint density at radius 3 is 1.57 bits per heavy atom. The molecule has 4 fully saturated rings. The third-order valence-corrected chi connectivity index (χ3v) is 13.5. The van der Waals surface area contributed by atoms with Crippen LogP contribution in [-0.4, -0.2) is 61.2 Å². The fourth-order valence-corrected chi connectivity index (χ4v) is 11.1. The summed E-state index contributed by atoms with van der Waals surface area (Å²) in [7, 11) is -7.12. The Labute approximate surface area is 258 Å². The average molecular weight is 656 g/mol. The molecule has 42 heavy (non-hydrogen) atoms. The van der Waals surface area contributed by atoms with Crippen LogP contribution in [0.3, 0.4) is 0 Å². The molecule has 4 aliphatic rings. The van der Waals surface area contributed by atoms with Gasteiger partial charge in [-0.3, -0.25) is 9.59 Å². The van der Waals surface area contributed by atoms with Crippen molar-refractivity contribution in [2.45, 2.75) is 105 Å². The van der Waals surface area contributed by atoms with Gasteiger partial charge in [0.2, 0.25) is 20.0 Å². The van der Waals surface area contributed by atoms with Crippen LogP contribution in [0.1, 0.15) is 71.1 Å². The molecular weight excluding hydrogens is 619 g/mol. The van der Waals surface area contributed by atoms with Crippen LogP contribution in [0.25, 0.3) is 0 Å². The molecular formula is C30H36Cl2N2O6S2. The summed E-state index contributed by atoms with van der Waals surface area (Å²) in [5.41, 5.74) is 0. The first-order valence-electron chi connectivity index (χ1n) is 14.6. The second-order valence-electron chi connectivity index (χ2n) is 11.6. The van der Waals surface area contributed by atoms with Gasteiger partial charge < -0.3 is 0 Å². The number of benzene rings is 2. The lowest BCUT2D eigenvalue weighted by Gasteiger charge is -2.47. The summed E-state index contributed by atoms with van der Waals surface area (Å²) < 4.78 is 54.9. The Hall–Kier alpha value is -1.82. The molecule has 5 unspecified atom stereocenters. The van der Waals surface area contributed by atoms with E-state index in [0.717, 1.165) is 38.5 Å². The molecule has 0 radical (unpaired) electrons. The molecule has 6 rings (SSSR count). The standard InChI is InChI=1S/C16H20ClNO3S.C14H16ClNO3S/c1-2-14-15-5-3-4-12(10-16(14)19)18(15)22(20,21)13-8-6-11(17)7-9-13;15-10-4-6-14(7-5-10)20(18,19)16-11-2-1-3-12(16)9-13(17)8-11/h6-9,12,14-15H,2-5,10H2,1H3;4-7,11-12H,1-3,8-9H2. The zero-order chi connectivity index (χ0) is 30.2. The van der Waals surface area contributed by atoms with Gasteiger partial charge in [0.25, 0.3) is 0 Å². The van der Waals surface area contributed by atoms with Gasteiger partial charge in [-0.2, -0.15) is 8.61 Å². The van der Waals surface area contributed by atoms with Crippen molar-refractivity contribution in [1.82, 2.24) is 8.61 Å². The fourth-order valence-electron chi connectivity index (χ4n) is 7.11. The van der Waals surface area contributed by atoms with Crippen molar-refractivity contribution in [3.8, 4) is 0 Å². The van der Waals surface area contributed by atoms with Crippen LogP contribution in [0, 0.1) is 5.92 Å². The number of ketones is 2. The number of nitrogens with zero attached hydrogens (tertiary/aromatic N) is 2. The Morgan fingerprint density at radius 2 is 1.10 bits per heavy atom.